The highest BCUT2D eigenvalue weighted by Gasteiger charge is 2.23. The quantitative estimate of drug-likeness (QED) is 0.787. The van der Waals surface area contributed by atoms with Crippen molar-refractivity contribution in [1.82, 2.24) is 0 Å². The molecule has 0 aromatic heterocycles. The van der Waals surface area contributed by atoms with E-state index in [1.54, 1.807) is 18.2 Å². The predicted octanol–water partition coefficient (Wildman–Crippen LogP) is 0.675. The lowest BCUT2D eigenvalue weighted by Crippen LogP contribution is -2.39. The number of benzene rings is 1. The summed E-state index contributed by atoms with van der Waals surface area (Å²) >= 11 is 4.93. The van der Waals surface area contributed by atoms with Gasteiger partial charge in [-0.1, -0.05) is 24.4 Å². The fraction of sp³-hybridized carbons (Fsp3) is 0.333. The summed E-state index contributed by atoms with van der Waals surface area (Å²) in [5.74, 6) is -0.251. The van der Waals surface area contributed by atoms with Crippen LogP contribution in [-0.2, 0) is 14.3 Å². The molecule has 1 aliphatic heterocycles. The summed E-state index contributed by atoms with van der Waals surface area (Å²) in [6.45, 7) is 1.21. The molecule has 0 saturated carbocycles. The molecular formula is C12H14N2O3S. The Kier molecular flexibility index (Phi) is 4.24. The number of carbonyl (C=O) groups is 1. The third kappa shape index (κ3) is 3.04. The van der Waals surface area contributed by atoms with Crippen LogP contribution >= 0.6 is 12.2 Å². The Morgan fingerprint density at radius 2 is 2.17 bits per heavy atom. The van der Waals surface area contributed by atoms with Crippen LogP contribution in [0.25, 0.3) is 0 Å². The minimum atomic E-state index is -0.585. The first-order valence-corrected chi connectivity index (χ1v) is 5.98. The number of para-hydroxylation sites is 1. The molecule has 1 unspecified atom stereocenters. The average Bonchev–Trinajstić information content (AvgIpc) is 2.40. The first-order valence-electron chi connectivity index (χ1n) is 5.57. The van der Waals surface area contributed by atoms with E-state index in [-0.39, 0.29) is 17.5 Å². The molecule has 0 bridgehead atoms. The third-order valence-electron chi connectivity index (χ3n) is 2.56. The highest BCUT2D eigenvalue weighted by molar-refractivity contribution is 7.80. The fourth-order valence-corrected chi connectivity index (χ4v) is 1.84. The maximum Gasteiger partial charge on any atom is 0.255 e. The number of anilines is 1. The Bertz CT molecular complexity index is 458. The molecule has 1 aromatic rings. The van der Waals surface area contributed by atoms with E-state index >= 15 is 0 Å². The van der Waals surface area contributed by atoms with Crippen molar-refractivity contribution in [3.63, 3.8) is 0 Å². The smallest absolute Gasteiger partial charge is 0.255 e. The second kappa shape index (κ2) is 5.90. The van der Waals surface area contributed by atoms with Gasteiger partial charge in [-0.3, -0.25) is 4.79 Å². The zero-order valence-corrected chi connectivity index (χ0v) is 10.5. The minimum absolute atomic E-state index is 0.242. The molecule has 1 aromatic carbocycles. The van der Waals surface area contributed by atoms with Gasteiger partial charge in [0, 0.05) is 5.56 Å². The van der Waals surface area contributed by atoms with Crippen LogP contribution in [0, 0.1) is 0 Å². The lowest BCUT2D eigenvalue weighted by molar-refractivity contribution is -0.142. The van der Waals surface area contributed by atoms with Crippen LogP contribution in [0.2, 0.25) is 0 Å². The SMILES string of the molecule is NC(=S)c1ccccc1NC(=O)C1COCCO1. The summed E-state index contributed by atoms with van der Waals surface area (Å²) < 4.78 is 10.5. The molecule has 1 amide bonds. The van der Waals surface area contributed by atoms with Crippen LogP contribution in [0.5, 0.6) is 0 Å². The van der Waals surface area contributed by atoms with Crippen molar-refractivity contribution in [3.8, 4) is 0 Å². The first kappa shape index (κ1) is 12.9. The zero-order valence-electron chi connectivity index (χ0n) is 9.72. The molecule has 0 spiro atoms. The Labute approximate surface area is 110 Å². The van der Waals surface area contributed by atoms with E-state index in [1.807, 2.05) is 6.07 Å². The van der Waals surface area contributed by atoms with Gasteiger partial charge in [0.2, 0.25) is 0 Å². The highest BCUT2D eigenvalue weighted by atomic mass is 32.1. The van der Waals surface area contributed by atoms with Gasteiger partial charge in [0.25, 0.3) is 5.91 Å². The average molecular weight is 266 g/mol. The zero-order chi connectivity index (χ0) is 13.0. The van der Waals surface area contributed by atoms with Crippen LogP contribution in [0.1, 0.15) is 5.56 Å². The number of carbonyl (C=O) groups excluding carboxylic acids is 1. The molecule has 5 nitrogen and oxygen atoms in total. The molecule has 1 fully saturated rings. The van der Waals surface area contributed by atoms with Gasteiger partial charge in [0.1, 0.15) is 4.99 Å². The molecule has 1 aliphatic rings. The van der Waals surface area contributed by atoms with E-state index in [4.69, 9.17) is 27.4 Å². The van der Waals surface area contributed by atoms with Crippen LogP contribution < -0.4 is 11.1 Å². The summed E-state index contributed by atoms with van der Waals surface area (Å²) in [6.07, 6.45) is -0.585. The van der Waals surface area contributed by atoms with E-state index in [9.17, 15) is 4.79 Å². The molecule has 0 aliphatic carbocycles. The monoisotopic (exact) mass is 266 g/mol. The van der Waals surface area contributed by atoms with Crippen molar-refractivity contribution in [3.05, 3.63) is 29.8 Å². The van der Waals surface area contributed by atoms with E-state index in [1.165, 1.54) is 0 Å². The van der Waals surface area contributed by atoms with Crippen molar-refractivity contribution in [1.29, 1.82) is 0 Å². The van der Waals surface area contributed by atoms with Crippen molar-refractivity contribution < 1.29 is 14.3 Å². The molecule has 96 valence electrons. The largest absolute Gasteiger partial charge is 0.389 e. The number of thiocarbonyl (C=S) groups is 1. The first-order chi connectivity index (χ1) is 8.68. The lowest BCUT2D eigenvalue weighted by Gasteiger charge is -2.22. The van der Waals surface area contributed by atoms with E-state index < -0.39 is 6.10 Å². The number of nitrogens with two attached hydrogens (primary N) is 1. The van der Waals surface area contributed by atoms with Crippen molar-refractivity contribution in [2.45, 2.75) is 6.10 Å². The third-order valence-corrected chi connectivity index (χ3v) is 2.78. The van der Waals surface area contributed by atoms with Gasteiger partial charge in [0.15, 0.2) is 6.10 Å². The van der Waals surface area contributed by atoms with Crippen molar-refractivity contribution in [2.24, 2.45) is 5.73 Å². The number of hydrogen-bond acceptors (Lipinski definition) is 4. The van der Waals surface area contributed by atoms with E-state index in [2.05, 4.69) is 5.32 Å². The molecule has 3 N–H and O–H groups in total. The Hall–Kier alpha value is -1.50. The van der Waals surface area contributed by atoms with Crippen molar-refractivity contribution in [2.75, 3.05) is 25.1 Å². The normalized spacial score (nSPS) is 19.2. The molecule has 1 heterocycles. The molecule has 18 heavy (non-hydrogen) atoms. The molecule has 2 rings (SSSR count). The molecular weight excluding hydrogens is 252 g/mol. The van der Waals surface area contributed by atoms with Crippen LogP contribution in [0.4, 0.5) is 5.69 Å². The van der Waals surface area contributed by atoms with Gasteiger partial charge in [-0.15, -0.1) is 0 Å². The van der Waals surface area contributed by atoms with E-state index in [0.717, 1.165) is 0 Å². The summed E-state index contributed by atoms with van der Waals surface area (Å²) in [4.78, 5) is 12.2. The topological polar surface area (TPSA) is 73.6 Å². The second-order valence-electron chi connectivity index (χ2n) is 3.83. The van der Waals surface area contributed by atoms with Crippen LogP contribution in [0.15, 0.2) is 24.3 Å². The molecule has 0 radical (unpaired) electrons. The van der Waals surface area contributed by atoms with Gasteiger partial charge in [-0.25, -0.2) is 0 Å². The predicted molar refractivity (Wildman–Crippen MR) is 71.5 cm³/mol. The molecule has 6 heteroatoms. The second-order valence-corrected chi connectivity index (χ2v) is 4.27. The van der Waals surface area contributed by atoms with Crippen molar-refractivity contribution >= 4 is 28.8 Å². The summed E-state index contributed by atoms with van der Waals surface area (Å²) in [7, 11) is 0. The Morgan fingerprint density at radius 3 is 2.83 bits per heavy atom. The van der Waals surface area contributed by atoms with Gasteiger partial charge in [-0.05, 0) is 12.1 Å². The van der Waals surface area contributed by atoms with Gasteiger partial charge in [-0.2, -0.15) is 0 Å². The fourth-order valence-electron chi connectivity index (χ4n) is 1.66. The summed E-state index contributed by atoms with van der Waals surface area (Å²) in [5.41, 5.74) is 6.82. The molecule has 1 atom stereocenters. The van der Waals surface area contributed by atoms with Crippen LogP contribution in [-0.4, -0.2) is 36.8 Å². The number of nitrogens with one attached hydrogen (secondary N) is 1. The maximum absolute atomic E-state index is 11.9. The minimum Gasteiger partial charge on any atom is -0.389 e. The summed E-state index contributed by atoms with van der Waals surface area (Å²) in [5, 5.41) is 2.75. The maximum atomic E-state index is 11.9. The van der Waals surface area contributed by atoms with Crippen LogP contribution in [0.3, 0.4) is 0 Å². The van der Waals surface area contributed by atoms with Gasteiger partial charge in [0.05, 0.1) is 25.5 Å². The van der Waals surface area contributed by atoms with E-state index in [0.29, 0.717) is 24.5 Å². The number of ether oxygens (including phenoxy) is 2. The standard InChI is InChI=1S/C12H14N2O3S/c13-11(18)8-3-1-2-4-9(8)14-12(15)10-7-16-5-6-17-10/h1-4,10H,5-7H2,(H2,13,18)(H,14,15). The Morgan fingerprint density at radius 1 is 1.39 bits per heavy atom. The molecule has 1 saturated heterocycles. The number of rotatable bonds is 3. The van der Waals surface area contributed by atoms with Gasteiger partial charge < -0.3 is 20.5 Å². The number of amides is 1. The van der Waals surface area contributed by atoms with Gasteiger partial charge >= 0.3 is 0 Å². The number of hydrogen-bond donors (Lipinski definition) is 2. The Balaban J connectivity index is 2.08. The highest BCUT2D eigenvalue weighted by Crippen LogP contribution is 2.16. The lowest BCUT2D eigenvalue weighted by atomic mass is 10.1. The summed E-state index contributed by atoms with van der Waals surface area (Å²) in [6, 6.07) is 7.12.